The summed E-state index contributed by atoms with van der Waals surface area (Å²) in [5, 5.41) is 4.06. The van der Waals surface area contributed by atoms with Crippen LogP contribution in [-0.2, 0) is 11.4 Å². The molecule has 3 aromatic rings. The molecule has 5 nitrogen and oxygen atoms in total. The number of hydroxylamine groups is 2. The highest BCUT2D eigenvalue weighted by atomic mass is 16.7. The Kier molecular flexibility index (Phi) is 4.21. The van der Waals surface area contributed by atoms with Gasteiger partial charge in [-0.25, -0.2) is 0 Å². The van der Waals surface area contributed by atoms with Crippen molar-refractivity contribution in [2.24, 2.45) is 0 Å². The summed E-state index contributed by atoms with van der Waals surface area (Å²) in [5.41, 5.74) is 3.21. The van der Waals surface area contributed by atoms with Crippen LogP contribution in [0.2, 0.25) is 0 Å². The third kappa shape index (κ3) is 3.08. The molecule has 5 heteroatoms. The number of nitrogens with zero attached hydrogens (tertiary/aromatic N) is 1. The topological polar surface area (TPSA) is 58.6 Å². The molecule has 0 saturated heterocycles. The summed E-state index contributed by atoms with van der Waals surface area (Å²) >= 11 is 0. The fourth-order valence-electron chi connectivity index (χ4n) is 2.82. The van der Waals surface area contributed by atoms with Crippen LogP contribution in [-0.4, -0.2) is 16.9 Å². The number of hydrogen-bond acceptors (Lipinski definition) is 4. The zero-order valence-electron chi connectivity index (χ0n) is 13.9. The van der Waals surface area contributed by atoms with E-state index in [2.05, 4.69) is 5.32 Å². The monoisotopic (exact) mass is 344 g/mol. The smallest absolute Gasteiger partial charge is 0.285 e. The van der Waals surface area contributed by atoms with E-state index in [0.29, 0.717) is 11.1 Å². The maximum absolute atomic E-state index is 12.6. The van der Waals surface area contributed by atoms with Gasteiger partial charge >= 0.3 is 0 Å². The zero-order valence-corrected chi connectivity index (χ0v) is 13.9. The van der Waals surface area contributed by atoms with Crippen molar-refractivity contribution in [2.75, 3.05) is 5.32 Å². The summed E-state index contributed by atoms with van der Waals surface area (Å²) in [6, 6.07) is 24.1. The molecule has 0 radical (unpaired) electrons. The first-order valence-electron chi connectivity index (χ1n) is 8.24. The summed E-state index contributed by atoms with van der Waals surface area (Å²) in [6.45, 7) is 0.154. The van der Waals surface area contributed by atoms with Gasteiger partial charge in [0.2, 0.25) is 0 Å². The standard InChI is InChI=1S/C21H16N2O3/c24-20-18-12-11-17(22-16-9-5-2-6-10-16)13-19(18)21(25)23(20)26-14-15-7-3-1-4-8-15/h1-13,22H,14H2. The van der Waals surface area contributed by atoms with Crippen LogP contribution in [0.4, 0.5) is 11.4 Å². The van der Waals surface area contributed by atoms with Crippen LogP contribution in [0.15, 0.2) is 78.9 Å². The highest BCUT2D eigenvalue weighted by molar-refractivity contribution is 6.20. The Labute approximate surface area is 150 Å². The number of para-hydroxylation sites is 1. The van der Waals surface area contributed by atoms with Gasteiger partial charge in [0.25, 0.3) is 11.8 Å². The molecule has 0 aromatic heterocycles. The number of rotatable bonds is 5. The Balaban J connectivity index is 1.52. The number of anilines is 2. The molecule has 0 unspecified atom stereocenters. The van der Waals surface area contributed by atoms with E-state index in [1.54, 1.807) is 18.2 Å². The number of carbonyl (C=O) groups excluding carboxylic acids is 2. The van der Waals surface area contributed by atoms with Crippen molar-refractivity contribution < 1.29 is 14.4 Å². The third-order valence-corrected chi connectivity index (χ3v) is 4.11. The summed E-state index contributed by atoms with van der Waals surface area (Å²) in [5.74, 6) is -0.884. The van der Waals surface area contributed by atoms with E-state index in [9.17, 15) is 9.59 Å². The van der Waals surface area contributed by atoms with Crippen molar-refractivity contribution in [1.29, 1.82) is 0 Å². The Bertz CT molecular complexity index is 956. The average Bonchev–Trinajstić information content (AvgIpc) is 2.92. The van der Waals surface area contributed by atoms with Crippen LogP contribution in [0.3, 0.4) is 0 Å². The summed E-state index contributed by atoms with van der Waals surface area (Å²) in [4.78, 5) is 30.5. The molecule has 128 valence electrons. The number of hydrogen-bond donors (Lipinski definition) is 1. The molecule has 3 aromatic carbocycles. The molecular weight excluding hydrogens is 328 g/mol. The van der Waals surface area contributed by atoms with Gasteiger partial charge in [-0.15, -0.1) is 5.06 Å². The molecule has 1 aliphatic rings. The molecule has 2 amide bonds. The normalized spacial score (nSPS) is 13.0. The van der Waals surface area contributed by atoms with E-state index < -0.39 is 11.8 Å². The van der Waals surface area contributed by atoms with E-state index >= 15 is 0 Å². The van der Waals surface area contributed by atoms with E-state index in [-0.39, 0.29) is 6.61 Å². The molecule has 0 aliphatic carbocycles. The first kappa shape index (κ1) is 16.1. The van der Waals surface area contributed by atoms with Gasteiger partial charge in [-0.2, -0.15) is 0 Å². The van der Waals surface area contributed by atoms with Crippen LogP contribution in [0, 0.1) is 0 Å². The number of benzene rings is 3. The average molecular weight is 344 g/mol. The van der Waals surface area contributed by atoms with Crippen LogP contribution >= 0.6 is 0 Å². The minimum atomic E-state index is -0.447. The summed E-state index contributed by atoms with van der Waals surface area (Å²) in [7, 11) is 0. The van der Waals surface area contributed by atoms with Crippen molar-refractivity contribution >= 4 is 23.2 Å². The molecule has 0 spiro atoms. The Morgan fingerprint density at radius 3 is 2.12 bits per heavy atom. The highest BCUT2D eigenvalue weighted by Gasteiger charge is 2.37. The first-order chi connectivity index (χ1) is 12.7. The van der Waals surface area contributed by atoms with Crippen molar-refractivity contribution in [3.8, 4) is 0 Å². The maximum atomic E-state index is 12.6. The van der Waals surface area contributed by atoms with Gasteiger partial charge in [-0.1, -0.05) is 48.5 Å². The van der Waals surface area contributed by atoms with Gasteiger partial charge < -0.3 is 5.32 Å². The van der Waals surface area contributed by atoms with Crippen LogP contribution in [0.1, 0.15) is 26.3 Å². The largest absolute Gasteiger partial charge is 0.356 e. The lowest BCUT2D eigenvalue weighted by atomic mass is 10.1. The van der Waals surface area contributed by atoms with Gasteiger partial charge in [0.15, 0.2) is 0 Å². The maximum Gasteiger partial charge on any atom is 0.285 e. The second kappa shape index (κ2) is 6.82. The lowest BCUT2D eigenvalue weighted by Crippen LogP contribution is -2.29. The first-order valence-corrected chi connectivity index (χ1v) is 8.24. The molecule has 26 heavy (non-hydrogen) atoms. The molecular formula is C21H16N2O3. The molecule has 0 atom stereocenters. The van der Waals surface area contributed by atoms with E-state index in [0.717, 1.165) is 22.0 Å². The molecule has 1 N–H and O–H groups in total. The Morgan fingerprint density at radius 1 is 0.731 bits per heavy atom. The van der Waals surface area contributed by atoms with Crippen molar-refractivity contribution in [2.45, 2.75) is 6.61 Å². The molecule has 1 heterocycles. The van der Waals surface area contributed by atoms with Crippen molar-refractivity contribution in [3.63, 3.8) is 0 Å². The van der Waals surface area contributed by atoms with E-state index in [1.807, 2.05) is 60.7 Å². The summed E-state index contributed by atoms with van der Waals surface area (Å²) < 4.78 is 0. The molecule has 4 rings (SSSR count). The lowest BCUT2D eigenvalue weighted by Gasteiger charge is -2.13. The van der Waals surface area contributed by atoms with Crippen LogP contribution in [0.25, 0.3) is 0 Å². The number of nitrogens with one attached hydrogen (secondary N) is 1. The Morgan fingerprint density at radius 2 is 1.38 bits per heavy atom. The predicted octanol–water partition coefficient (Wildman–Crippen LogP) is 4.16. The second-order valence-corrected chi connectivity index (χ2v) is 5.92. The molecule has 0 saturated carbocycles. The molecule has 0 bridgehead atoms. The quantitative estimate of drug-likeness (QED) is 0.706. The van der Waals surface area contributed by atoms with Gasteiger partial charge in [0.1, 0.15) is 6.61 Å². The number of imide groups is 1. The minimum Gasteiger partial charge on any atom is -0.356 e. The lowest BCUT2D eigenvalue weighted by molar-refractivity contribution is -0.101. The highest BCUT2D eigenvalue weighted by Crippen LogP contribution is 2.28. The van der Waals surface area contributed by atoms with Crippen LogP contribution < -0.4 is 5.32 Å². The minimum absolute atomic E-state index is 0.154. The Hall–Kier alpha value is -3.44. The number of carbonyl (C=O) groups is 2. The van der Waals surface area contributed by atoms with Gasteiger partial charge in [0, 0.05) is 11.4 Å². The second-order valence-electron chi connectivity index (χ2n) is 5.92. The van der Waals surface area contributed by atoms with Gasteiger partial charge in [0.05, 0.1) is 11.1 Å². The number of fused-ring (bicyclic) bond motifs is 1. The van der Waals surface area contributed by atoms with Gasteiger partial charge in [-0.3, -0.25) is 14.4 Å². The SMILES string of the molecule is O=C1c2ccc(Nc3ccccc3)cc2C(=O)N1OCc1ccccc1. The molecule has 1 aliphatic heterocycles. The van der Waals surface area contributed by atoms with Crippen LogP contribution in [0.5, 0.6) is 0 Å². The number of amides is 2. The van der Waals surface area contributed by atoms with Gasteiger partial charge in [-0.05, 0) is 35.9 Å². The molecule has 0 fully saturated rings. The fourth-order valence-corrected chi connectivity index (χ4v) is 2.82. The fraction of sp³-hybridized carbons (Fsp3) is 0.0476. The van der Waals surface area contributed by atoms with E-state index in [4.69, 9.17) is 4.84 Å². The van der Waals surface area contributed by atoms with Crippen molar-refractivity contribution in [1.82, 2.24) is 5.06 Å². The summed E-state index contributed by atoms with van der Waals surface area (Å²) in [6.07, 6.45) is 0. The van der Waals surface area contributed by atoms with Crippen molar-refractivity contribution in [3.05, 3.63) is 95.6 Å². The van der Waals surface area contributed by atoms with E-state index in [1.165, 1.54) is 0 Å². The predicted molar refractivity (Wildman–Crippen MR) is 97.9 cm³/mol. The zero-order chi connectivity index (χ0) is 17.9. The third-order valence-electron chi connectivity index (χ3n) is 4.11.